The molecule has 0 aromatic rings. The average molecular weight is 518 g/mol. The van der Waals surface area contributed by atoms with Gasteiger partial charge in [-0.15, -0.1) is 24.0 Å². The number of rotatable bonds is 7. The molecule has 1 saturated heterocycles. The van der Waals surface area contributed by atoms with Crippen molar-refractivity contribution in [2.24, 2.45) is 4.99 Å². The summed E-state index contributed by atoms with van der Waals surface area (Å²) in [4.78, 5) is 18.4. The summed E-state index contributed by atoms with van der Waals surface area (Å²) in [5, 5.41) is 6.29. The minimum absolute atomic E-state index is 0. The van der Waals surface area contributed by atoms with Crippen LogP contribution < -0.4 is 10.6 Å². The van der Waals surface area contributed by atoms with Crippen molar-refractivity contribution in [3.8, 4) is 0 Å². The summed E-state index contributed by atoms with van der Waals surface area (Å²) in [5.74, 6) is 0.930. The zero-order valence-electron chi connectivity index (χ0n) is 17.1. The molecule has 10 heteroatoms. The van der Waals surface area contributed by atoms with Crippen LogP contribution in [0.4, 0.5) is 4.79 Å². The van der Waals surface area contributed by atoms with Crippen LogP contribution in [0.2, 0.25) is 0 Å². The first kappa shape index (κ1) is 26.2. The number of ether oxygens (including phenoxy) is 1. The maximum atomic E-state index is 12.3. The number of halogens is 1. The van der Waals surface area contributed by atoms with Crippen LogP contribution in [0.15, 0.2) is 4.99 Å². The summed E-state index contributed by atoms with van der Waals surface area (Å²) < 4.78 is 28.6. The molecule has 160 valence electrons. The van der Waals surface area contributed by atoms with Crippen molar-refractivity contribution in [2.75, 3.05) is 37.7 Å². The Bertz CT molecular complexity index is 590. The quantitative estimate of drug-likeness (QED) is 0.304. The standard InChI is InChI=1S/C17H34N4O4S.HI/c1-6-10-21(16(22)25-17(3,4)5)11-9-19-15(18-7-2)20-14-8-12-26(23,24)13-14;/h14H,6-13H2,1-5H3,(H2,18,19,20);1H. The number of nitrogens with zero attached hydrogens (tertiary/aromatic N) is 2. The second kappa shape index (κ2) is 11.9. The third-order valence-electron chi connectivity index (χ3n) is 3.70. The molecular weight excluding hydrogens is 483 g/mol. The summed E-state index contributed by atoms with van der Waals surface area (Å²) >= 11 is 0. The minimum atomic E-state index is -2.94. The van der Waals surface area contributed by atoms with Crippen LogP contribution in [-0.4, -0.2) is 74.7 Å². The van der Waals surface area contributed by atoms with E-state index in [2.05, 4.69) is 15.6 Å². The number of guanidine groups is 1. The number of carbonyl (C=O) groups is 1. The molecule has 1 unspecified atom stereocenters. The van der Waals surface area contributed by atoms with Crippen LogP contribution in [0, 0.1) is 0 Å². The molecule has 0 radical (unpaired) electrons. The summed E-state index contributed by atoms with van der Waals surface area (Å²) in [6.45, 7) is 11.6. The number of hydrogen-bond acceptors (Lipinski definition) is 5. The van der Waals surface area contributed by atoms with E-state index in [-0.39, 0.29) is 47.6 Å². The number of carbonyl (C=O) groups excluding carboxylic acids is 1. The van der Waals surface area contributed by atoms with Gasteiger partial charge >= 0.3 is 6.09 Å². The van der Waals surface area contributed by atoms with Gasteiger partial charge in [0.25, 0.3) is 0 Å². The van der Waals surface area contributed by atoms with Gasteiger partial charge in [-0.2, -0.15) is 0 Å². The Morgan fingerprint density at radius 2 is 1.93 bits per heavy atom. The van der Waals surface area contributed by atoms with Crippen LogP contribution in [0.3, 0.4) is 0 Å². The minimum Gasteiger partial charge on any atom is -0.444 e. The molecule has 0 aromatic heterocycles. The highest BCUT2D eigenvalue weighted by atomic mass is 127. The second-order valence-electron chi connectivity index (χ2n) is 7.47. The molecule has 0 spiro atoms. The van der Waals surface area contributed by atoms with Crippen LogP contribution in [0.25, 0.3) is 0 Å². The fourth-order valence-electron chi connectivity index (χ4n) is 2.60. The monoisotopic (exact) mass is 518 g/mol. The van der Waals surface area contributed by atoms with Gasteiger partial charge in [-0.1, -0.05) is 6.92 Å². The van der Waals surface area contributed by atoms with Crippen molar-refractivity contribution in [1.29, 1.82) is 0 Å². The van der Waals surface area contributed by atoms with Crippen LogP contribution in [0.1, 0.15) is 47.5 Å². The molecule has 1 amide bonds. The lowest BCUT2D eigenvalue weighted by molar-refractivity contribution is 0.0256. The van der Waals surface area contributed by atoms with E-state index in [9.17, 15) is 13.2 Å². The zero-order valence-corrected chi connectivity index (χ0v) is 20.2. The third-order valence-corrected chi connectivity index (χ3v) is 5.47. The Morgan fingerprint density at radius 3 is 2.41 bits per heavy atom. The smallest absolute Gasteiger partial charge is 0.410 e. The summed E-state index contributed by atoms with van der Waals surface area (Å²) in [6, 6.07) is -0.115. The lowest BCUT2D eigenvalue weighted by Crippen LogP contribution is -2.44. The Balaban J connectivity index is 0.00000676. The number of amides is 1. The number of aliphatic imine (C=N–C) groups is 1. The highest BCUT2D eigenvalue weighted by Gasteiger charge is 2.28. The fraction of sp³-hybridized carbons (Fsp3) is 0.882. The summed E-state index contributed by atoms with van der Waals surface area (Å²) in [5.41, 5.74) is -0.531. The Morgan fingerprint density at radius 1 is 1.26 bits per heavy atom. The molecule has 27 heavy (non-hydrogen) atoms. The van der Waals surface area contributed by atoms with Gasteiger partial charge in [0.05, 0.1) is 18.1 Å². The van der Waals surface area contributed by atoms with Crippen LogP contribution in [0.5, 0.6) is 0 Å². The maximum Gasteiger partial charge on any atom is 0.410 e. The van der Waals surface area contributed by atoms with Gasteiger partial charge < -0.3 is 20.3 Å². The van der Waals surface area contributed by atoms with E-state index in [1.54, 1.807) is 4.90 Å². The van der Waals surface area contributed by atoms with Crippen molar-refractivity contribution >= 4 is 45.9 Å². The molecule has 1 rings (SSSR count). The topological polar surface area (TPSA) is 100 Å². The van der Waals surface area contributed by atoms with E-state index >= 15 is 0 Å². The van der Waals surface area contributed by atoms with E-state index < -0.39 is 15.4 Å². The second-order valence-corrected chi connectivity index (χ2v) is 9.70. The molecule has 2 N–H and O–H groups in total. The Labute approximate surface area is 180 Å². The van der Waals surface area contributed by atoms with E-state index in [0.29, 0.717) is 38.6 Å². The third kappa shape index (κ3) is 11.0. The van der Waals surface area contributed by atoms with Gasteiger partial charge in [-0.3, -0.25) is 4.99 Å². The predicted octanol–water partition coefficient (Wildman–Crippen LogP) is 1.99. The van der Waals surface area contributed by atoms with Crippen molar-refractivity contribution in [3.05, 3.63) is 0 Å². The molecule has 0 aromatic carbocycles. The van der Waals surface area contributed by atoms with Crippen molar-refractivity contribution in [3.63, 3.8) is 0 Å². The lowest BCUT2D eigenvalue weighted by atomic mass is 10.2. The molecule has 1 fully saturated rings. The SMILES string of the molecule is CCCN(CCN=C(NCC)NC1CCS(=O)(=O)C1)C(=O)OC(C)(C)C.I. The van der Waals surface area contributed by atoms with Gasteiger partial charge in [0, 0.05) is 25.7 Å². The fourth-order valence-corrected chi connectivity index (χ4v) is 4.27. The molecule has 1 aliphatic heterocycles. The van der Waals surface area contributed by atoms with Gasteiger partial charge in [-0.25, -0.2) is 13.2 Å². The highest BCUT2D eigenvalue weighted by molar-refractivity contribution is 14.0. The number of hydrogen-bond donors (Lipinski definition) is 2. The van der Waals surface area contributed by atoms with Crippen LogP contribution >= 0.6 is 24.0 Å². The molecule has 1 aliphatic rings. The predicted molar refractivity (Wildman–Crippen MR) is 120 cm³/mol. The van der Waals surface area contributed by atoms with Gasteiger partial charge in [-0.05, 0) is 40.5 Å². The molecule has 1 heterocycles. The zero-order chi connectivity index (χ0) is 19.8. The molecule has 1 atom stereocenters. The Hall–Kier alpha value is -0.780. The van der Waals surface area contributed by atoms with E-state index in [1.807, 2.05) is 34.6 Å². The van der Waals surface area contributed by atoms with Gasteiger partial charge in [0.1, 0.15) is 5.60 Å². The van der Waals surface area contributed by atoms with E-state index in [1.165, 1.54) is 0 Å². The normalized spacial score (nSPS) is 19.1. The maximum absolute atomic E-state index is 12.3. The van der Waals surface area contributed by atoms with E-state index in [4.69, 9.17) is 4.74 Å². The van der Waals surface area contributed by atoms with Crippen molar-refractivity contribution < 1.29 is 17.9 Å². The van der Waals surface area contributed by atoms with Crippen molar-refractivity contribution in [2.45, 2.75) is 59.1 Å². The average Bonchev–Trinajstić information content (AvgIpc) is 2.83. The number of sulfone groups is 1. The summed E-state index contributed by atoms with van der Waals surface area (Å²) in [7, 11) is -2.94. The largest absolute Gasteiger partial charge is 0.444 e. The Kier molecular flexibility index (Phi) is 11.6. The number of nitrogens with one attached hydrogen (secondary N) is 2. The molecule has 8 nitrogen and oxygen atoms in total. The highest BCUT2D eigenvalue weighted by Crippen LogP contribution is 2.11. The molecule has 0 saturated carbocycles. The van der Waals surface area contributed by atoms with Crippen molar-refractivity contribution in [1.82, 2.24) is 15.5 Å². The van der Waals surface area contributed by atoms with Gasteiger partial charge in [0.15, 0.2) is 15.8 Å². The first-order valence-electron chi connectivity index (χ1n) is 9.29. The molecule has 0 aliphatic carbocycles. The lowest BCUT2D eigenvalue weighted by Gasteiger charge is -2.27. The first-order chi connectivity index (χ1) is 12.1. The molecule has 0 bridgehead atoms. The van der Waals surface area contributed by atoms with Gasteiger partial charge in [0.2, 0.25) is 0 Å². The first-order valence-corrected chi connectivity index (χ1v) is 11.1. The molecular formula is C17H35IN4O4S. The van der Waals surface area contributed by atoms with E-state index in [0.717, 1.165) is 6.42 Å². The summed E-state index contributed by atoms with van der Waals surface area (Å²) in [6.07, 6.45) is 1.09. The van der Waals surface area contributed by atoms with Crippen LogP contribution in [-0.2, 0) is 14.6 Å².